The van der Waals surface area contributed by atoms with Gasteiger partial charge in [-0.2, -0.15) is 0 Å². The van der Waals surface area contributed by atoms with Crippen molar-refractivity contribution in [1.82, 2.24) is 5.32 Å². The number of benzene rings is 2. The zero-order valence-corrected chi connectivity index (χ0v) is 14.5. The standard InChI is InChI=1S/C18H22IN/c1-13(2)11-14-7-6-8-15(12-14)18(20-3)16-9-4-5-10-17(16)19/h4-10,12-13,18,20H,11H2,1-3H3. The van der Waals surface area contributed by atoms with Crippen LogP contribution in [0.5, 0.6) is 0 Å². The first-order chi connectivity index (χ1) is 9.61. The molecule has 0 aliphatic carbocycles. The molecular weight excluding hydrogens is 357 g/mol. The molecule has 0 bridgehead atoms. The maximum Gasteiger partial charge on any atom is 0.0584 e. The molecule has 0 saturated heterocycles. The summed E-state index contributed by atoms with van der Waals surface area (Å²) in [6.45, 7) is 4.53. The van der Waals surface area contributed by atoms with Crippen molar-refractivity contribution >= 4 is 22.6 Å². The SMILES string of the molecule is CNC(c1cccc(CC(C)C)c1)c1ccccc1I. The van der Waals surface area contributed by atoms with Crippen LogP contribution in [0.4, 0.5) is 0 Å². The Labute approximate surface area is 135 Å². The number of hydrogen-bond acceptors (Lipinski definition) is 1. The van der Waals surface area contributed by atoms with E-state index in [0.29, 0.717) is 5.92 Å². The molecule has 0 amide bonds. The van der Waals surface area contributed by atoms with Crippen LogP contribution in [-0.4, -0.2) is 7.05 Å². The number of nitrogens with one attached hydrogen (secondary N) is 1. The largest absolute Gasteiger partial charge is 0.309 e. The summed E-state index contributed by atoms with van der Waals surface area (Å²) in [5.41, 5.74) is 4.11. The molecule has 20 heavy (non-hydrogen) atoms. The second kappa shape index (κ2) is 7.23. The molecule has 0 fully saturated rings. The predicted octanol–water partition coefficient (Wildman–Crippen LogP) is 4.80. The highest BCUT2D eigenvalue weighted by Crippen LogP contribution is 2.26. The molecule has 0 aliphatic heterocycles. The Morgan fingerprint density at radius 1 is 1.05 bits per heavy atom. The van der Waals surface area contributed by atoms with Crippen LogP contribution in [0.3, 0.4) is 0 Å². The van der Waals surface area contributed by atoms with E-state index in [2.05, 4.69) is 90.3 Å². The van der Waals surface area contributed by atoms with Crippen LogP contribution in [0.25, 0.3) is 0 Å². The normalized spacial score (nSPS) is 12.7. The van der Waals surface area contributed by atoms with Crippen LogP contribution in [0.1, 0.15) is 36.6 Å². The van der Waals surface area contributed by atoms with Crippen molar-refractivity contribution in [3.8, 4) is 0 Å². The fourth-order valence-corrected chi connectivity index (χ4v) is 3.28. The van der Waals surface area contributed by atoms with Gasteiger partial charge in [0.15, 0.2) is 0 Å². The molecule has 0 saturated carbocycles. The molecule has 106 valence electrons. The average Bonchev–Trinajstić information content (AvgIpc) is 2.41. The lowest BCUT2D eigenvalue weighted by Crippen LogP contribution is -2.19. The Hall–Kier alpha value is -0.870. The number of halogens is 1. The van der Waals surface area contributed by atoms with Crippen LogP contribution in [0.2, 0.25) is 0 Å². The van der Waals surface area contributed by atoms with Crippen molar-refractivity contribution in [3.05, 3.63) is 68.8 Å². The summed E-state index contributed by atoms with van der Waals surface area (Å²) >= 11 is 2.41. The van der Waals surface area contributed by atoms with Crippen molar-refractivity contribution in [1.29, 1.82) is 0 Å². The molecule has 1 atom stereocenters. The Morgan fingerprint density at radius 3 is 2.45 bits per heavy atom. The van der Waals surface area contributed by atoms with Crippen molar-refractivity contribution in [3.63, 3.8) is 0 Å². The molecule has 0 spiro atoms. The molecule has 0 aromatic heterocycles. The van der Waals surface area contributed by atoms with E-state index in [4.69, 9.17) is 0 Å². The average molecular weight is 379 g/mol. The molecule has 2 aromatic rings. The van der Waals surface area contributed by atoms with E-state index in [9.17, 15) is 0 Å². The van der Waals surface area contributed by atoms with Gasteiger partial charge in [0.05, 0.1) is 6.04 Å². The zero-order valence-electron chi connectivity index (χ0n) is 12.4. The van der Waals surface area contributed by atoms with Gasteiger partial charge in [0.1, 0.15) is 0 Å². The molecule has 2 heteroatoms. The Kier molecular flexibility index (Phi) is 5.61. The van der Waals surface area contributed by atoms with Gasteiger partial charge in [-0.3, -0.25) is 0 Å². The van der Waals surface area contributed by atoms with Crippen LogP contribution in [-0.2, 0) is 6.42 Å². The lowest BCUT2D eigenvalue weighted by molar-refractivity contribution is 0.643. The number of hydrogen-bond donors (Lipinski definition) is 1. The van der Waals surface area contributed by atoms with Crippen molar-refractivity contribution in [2.45, 2.75) is 26.3 Å². The molecule has 1 nitrogen and oxygen atoms in total. The summed E-state index contributed by atoms with van der Waals surface area (Å²) in [5.74, 6) is 0.690. The van der Waals surface area contributed by atoms with E-state index < -0.39 is 0 Å². The summed E-state index contributed by atoms with van der Waals surface area (Å²) < 4.78 is 1.30. The predicted molar refractivity (Wildman–Crippen MR) is 95.0 cm³/mol. The molecule has 0 radical (unpaired) electrons. The van der Waals surface area contributed by atoms with E-state index in [1.807, 2.05) is 7.05 Å². The van der Waals surface area contributed by atoms with Gasteiger partial charge < -0.3 is 5.32 Å². The second-order valence-corrected chi connectivity index (χ2v) is 6.75. The van der Waals surface area contributed by atoms with Gasteiger partial charge in [0.25, 0.3) is 0 Å². The quantitative estimate of drug-likeness (QED) is 0.736. The fraction of sp³-hybridized carbons (Fsp3) is 0.333. The first-order valence-electron chi connectivity index (χ1n) is 7.12. The van der Waals surface area contributed by atoms with Gasteiger partial charge in [-0.05, 0) is 64.7 Å². The highest BCUT2D eigenvalue weighted by atomic mass is 127. The molecule has 2 aromatic carbocycles. The van der Waals surface area contributed by atoms with E-state index in [-0.39, 0.29) is 6.04 Å². The summed E-state index contributed by atoms with van der Waals surface area (Å²) in [6.07, 6.45) is 1.14. The third-order valence-electron chi connectivity index (χ3n) is 3.43. The van der Waals surface area contributed by atoms with Crippen LogP contribution in [0.15, 0.2) is 48.5 Å². The maximum absolute atomic E-state index is 3.45. The second-order valence-electron chi connectivity index (χ2n) is 5.59. The zero-order chi connectivity index (χ0) is 14.5. The molecule has 1 unspecified atom stereocenters. The summed E-state index contributed by atoms with van der Waals surface area (Å²) in [7, 11) is 2.03. The Balaban J connectivity index is 2.35. The van der Waals surface area contributed by atoms with Crippen LogP contribution in [0, 0.1) is 9.49 Å². The van der Waals surface area contributed by atoms with Gasteiger partial charge in [-0.15, -0.1) is 0 Å². The Bertz CT molecular complexity index is 563. The minimum Gasteiger partial charge on any atom is -0.309 e. The first-order valence-corrected chi connectivity index (χ1v) is 8.20. The first kappa shape index (κ1) is 15.5. The maximum atomic E-state index is 3.45. The minimum absolute atomic E-state index is 0.259. The minimum atomic E-state index is 0.259. The van der Waals surface area contributed by atoms with Gasteiger partial charge in [-0.1, -0.05) is 56.3 Å². The Morgan fingerprint density at radius 2 is 1.80 bits per heavy atom. The van der Waals surface area contributed by atoms with E-state index in [1.54, 1.807) is 0 Å². The van der Waals surface area contributed by atoms with Crippen molar-refractivity contribution in [2.75, 3.05) is 7.05 Å². The van der Waals surface area contributed by atoms with E-state index >= 15 is 0 Å². The summed E-state index contributed by atoms with van der Waals surface area (Å²) in [4.78, 5) is 0. The highest BCUT2D eigenvalue weighted by molar-refractivity contribution is 14.1. The summed E-state index contributed by atoms with van der Waals surface area (Å²) in [5, 5.41) is 3.45. The van der Waals surface area contributed by atoms with Crippen molar-refractivity contribution < 1.29 is 0 Å². The van der Waals surface area contributed by atoms with Gasteiger partial charge >= 0.3 is 0 Å². The topological polar surface area (TPSA) is 12.0 Å². The lowest BCUT2D eigenvalue weighted by atomic mass is 9.95. The van der Waals surface area contributed by atoms with Gasteiger partial charge in [0.2, 0.25) is 0 Å². The van der Waals surface area contributed by atoms with E-state index in [1.165, 1.54) is 20.3 Å². The molecule has 0 aliphatic rings. The lowest BCUT2D eigenvalue weighted by Gasteiger charge is -2.20. The molecule has 0 heterocycles. The highest BCUT2D eigenvalue weighted by Gasteiger charge is 2.14. The van der Waals surface area contributed by atoms with Crippen LogP contribution < -0.4 is 5.32 Å². The molecule has 2 rings (SSSR count). The third-order valence-corrected chi connectivity index (χ3v) is 4.42. The summed E-state index contributed by atoms with van der Waals surface area (Å²) in [6, 6.07) is 17.8. The van der Waals surface area contributed by atoms with Gasteiger partial charge in [-0.25, -0.2) is 0 Å². The smallest absolute Gasteiger partial charge is 0.0584 e. The molecular formula is C18H22IN. The van der Waals surface area contributed by atoms with Crippen molar-refractivity contribution in [2.24, 2.45) is 5.92 Å². The fourth-order valence-electron chi connectivity index (χ4n) is 2.58. The number of rotatable bonds is 5. The van der Waals surface area contributed by atoms with Gasteiger partial charge in [0, 0.05) is 3.57 Å². The van der Waals surface area contributed by atoms with E-state index in [0.717, 1.165) is 6.42 Å². The van der Waals surface area contributed by atoms with Crippen LogP contribution >= 0.6 is 22.6 Å². The monoisotopic (exact) mass is 379 g/mol. The third kappa shape index (κ3) is 3.83. The molecule has 1 N–H and O–H groups in total.